The Hall–Kier alpha value is -2.08. The van der Waals surface area contributed by atoms with Crippen molar-refractivity contribution >= 4 is 28.9 Å². The lowest BCUT2D eigenvalue weighted by molar-refractivity contribution is -0.384. The molecule has 3 rings (SSSR count). The van der Waals surface area contributed by atoms with Crippen LogP contribution in [0.3, 0.4) is 0 Å². The average Bonchev–Trinajstić information content (AvgIpc) is 2.97. The number of nitrogens with zero attached hydrogens (tertiary/aromatic N) is 2. The number of allylic oxidation sites excluding steroid dienone is 2. The van der Waals surface area contributed by atoms with Crippen molar-refractivity contribution in [3.63, 3.8) is 0 Å². The molecule has 0 aromatic heterocycles. The molecule has 1 saturated heterocycles. The predicted molar refractivity (Wildman–Crippen MR) is 87.0 cm³/mol. The van der Waals surface area contributed by atoms with Crippen molar-refractivity contribution in [1.82, 2.24) is 0 Å². The molecule has 0 bridgehead atoms. The molecule has 6 nitrogen and oxygen atoms in total. The van der Waals surface area contributed by atoms with Gasteiger partial charge in [-0.05, 0) is 30.7 Å². The summed E-state index contributed by atoms with van der Waals surface area (Å²) >= 11 is 6.15. The van der Waals surface area contributed by atoms with E-state index in [9.17, 15) is 14.9 Å². The molecule has 23 heavy (non-hydrogen) atoms. The van der Waals surface area contributed by atoms with Crippen molar-refractivity contribution in [3.8, 4) is 0 Å². The van der Waals surface area contributed by atoms with Crippen LogP contribution < -0.4 is 4.90 Å². The molecule has 2 atom stereocenters. The van der Waals surface area contributed by atoms with E-state index in [1.54, 1.807) is 0 Å². The summed E-state index contributed by atoms with van der Waals surface area (Å²) in [5.74, 6) is 0.348. The molecule has 7 heteroatoms. The Morgan fingerprint density at radius 3 is 2.43 bits per heavy atom. The van der Waals surface area contributed by atoms with Crippen LogP contribution in [0.2, 0.25) is 5.02 Å². The van der Waals surface area contributed by atoms with Crippen LogP contribution in [0.1, 0.15) is 23.2 Å². The molecule has 0 saturated carbocycles. The number of benzene rings is 1. The second-order valence-electron chi connectivity index (χ2n) is 5.94. The molecule has 2 aliphatic rings. The molecule has 0 radical (unpaired) electrons. The van der Waals surface area contributed by atoms with Gasteiger partial charge in [-0.25, -0.2) is 4.79 Å². The molecular weight excluding hydrogens is 320 g/mol. The normalized spacial score (nSPS) is 22.8. The minimum absolute atomic E-state index is 0.0166. The second-order valence-corrected chi connectivity index (χ2v) is 6.34. The zero-order valence-corrected chi connectivity index (χ0v) is 13.5. The number of anilines is 1. The number of hydrogen-bond donors (Lipinski definition) is 0. The Morgan fingerprint density at radius 1 is 1.30 bits per heavy atom. The second kappa shape index (κ2) is 6.20. The van der Waals surface area contributed by atoms with Crippen LogP contribution in [0.15, 0.2) is 24.3 Å². The standard InChI is InChI=1S/C16H17ClN2O4/c1-23-16(20)12-6-15(19(21)22)14(7-13(12)17)18-8-10-4-2-3-5-11(10)9-18/h2-3,6-7,10-11H,4-5,8-9H2,1H3. The molecule has 0 amide bonds. The summed E-state index contributed by atoms with van der Waals surface area (Å²) < 4.78 is 4.63. The van der Waals surface area contributed by atoms with Crippen LogP contribution >= 0.6 is 11.6 Å². The number of rotatable bonds is 3. The molecule has 1 aliphatic carbocycles. The number of nitro benzene ring substituents is 1. The summed E-state index contributed by atoms with van der Waals surface area (Å²) in [4.78, 5) is 24.7. The zero-order valence-electron chi connectivity index (χ0n) is 12.7. The number of fused-ring (bicyclic) bond motifs is 1. The average molecular weight is 337 g/mol. The van der Waals surface area contributed by atoms with Gasteiger partial charge in [0.05, 0.1) is 22.6 Å². The molecule has 0 N–H and O–H groups in total. The van der Waals surface area contributed by atoms with Crippen molar-refractivity contribution < 1.29 is 14.5 Å². The first kappa shape index (κ1) is 15.8. The maximum absolute atomic E-state index is 11.7. The van der Waals surface area contributed by atoms with Gasteiger partial charge in [0, 0.05) is 19.2 Å². The van der Waals surface area contributed by atoms with E-state index in [0.717, 1.165) is 25.9 Å². The number of esters is 1. The number of carbonyl (C=O) groups is 1. The zero-order chi connectivity index (χ0) is 16.6. The van der Waals surface area contributed by atoms with Crippen molar-refractivity contribution in [2.75, 3.05) is 25.1 Å². The van der Waals surface area contributed by atoms with Crippen molar-refractivity contribution in [3.05, 3.63) is 45.0 Å². The summed E-state index contributed by atoms with van der Waals surface area (Å²) in [5, 5.41) is 11.6. The van der Waals surface area contributed by atoms with Crippen LogP contribution in [0.5, 0.6) is 0 Å². The third-order valence-electron chi connectivity index (χ3n) is 4.63. The fourth-order valence-electron chi connectivity index (χ4n) is 3.43. The molecule has 1 aliphatic heterocycles. The number of halogens is 1. The highest BCUT2D eigenvalue weighted by atomic mass is 35.5. The summed E-state index contributed by atoms with van der Waals surface area (Å²) in [5.41, 5.74) is 0.381. The van der Waals surface area contributed by atoms with Crippen LogP contribution in [0.25, 0.3) is 0 Å². The largest absolute Gasteiger partial charge is 0.465 e. The quantitative estimate of drug-likeness (QED) is 0.366. The van der Waals surface area contributed by atoms with E-state index in [-0.39, 0.29) is 16.3 Å². The summed E-state index contributed by atoms with van der Waals surface area (Å²) in [6.45, 7) is 1.54. The van der Waals surface area contributed by atoms with Gasteiger partial charge in [0.25, 0.3) is 5.69 Å². The molecule has 1 fully saturated rings. The first-order chi connectivity index (χ1) is 11.0. The van der Waals surface area contributed by atoms with Crippen molar-refractivity contribution in [1.29, 1.82) is 0 Å². The maximum Gasteiger partial charge on any atom is 0.339 e. The number of ether oxygens (including phenoxy) is 1. The lowest BCUT2D eigenvalue weighted by Crippen LogP contribution is -2.21. The molecular formula is C16H17ClN2O4. The highest BCUT2D eigenvalue weighted by Crippen LogP contribution is 2.40. The van der Waals surface area contributed by atoms with E-state index >= 15 is 0 Å². The van der Waals surface area contributed by atoms with Gasteiger partial charge >= 0.3 is 5.97 Å². The van der Waals surface area contributed by atoms with Crippen molar-refractivity contribution in [2.24, 2.45) is 11.8 Å². The topological polar surface area (TPSA) is 72.7 Å². The summed E-state index contributed by atoms with van der Waals surface area (Å²) in [6, 6.07) is 2.72. The Bertz CT molecular complexity index is 673. The van der Waals surface area contributed by atoms with Crippen LogP contribution in [0, 0.1) is 22.0 Å². The van der Waals surface area contributed by atoms with Crippen molar-refractivity contribution in [2.45, 2.75) is 12.8 Å². The molecule has 1 aromatic rings. The van der Waals surface area contributed by atoms with Gasteiger partial charge in [-0.1, -0.05) is 23.8 Å². The van der Waals surface area contributed by atoms with Gasteiger partial charge in [-0.3, -0.25) is 10.1 Å². The number of methoxy groups -OCH3 is 1. The van der Waals surface area contributed by atoms with E-state index in [1.165, 1.54) is 19.2 Å². The fraction of sp³-hybridized carbons (Fsp3) is 0.438. The Labute approximate surface area is 138 Å². The molecule has 1 heterocycles. The number of hydrogen-bond acceptors (Lipinski definition) is 5. The minimum atomic E-state index is -0.677. The molecule has 1 aromatic carbocycles. The highest BCUT2D eigenvalue weighted by Gasteiger charge is 2.36. The Kier molecular flexibility index (Phi) is 4.26. The van der Waals surface area contributed by atoms with Gasteiger partial charge in [0.15, 0.2) is 0 Å². The van der Waals surface area contributed by atoms with Gasteiger partial charge in [-0.15, -0.1) is 0 Å². The van der Waals surface area contributed by atoms with Gasteiger partial charge in [0.1, 0.15) is 5.69 Å². The highest BCUT2D eigenvalue weighted by molar-refractivity contribution is 6.34. The number of carbonyl (C=O) groups excluding carboxylic acids is 1. The fourth-order valence-corrected chi connectivity index (χ4v) is 3.66. The summed E-state index contributed by atoms with van der Waals surface area (Å²) in [6.07, 6.45) is 6.35. The van der Waals surface area contributed by atoms with Gasteiger partial charge in [0.2, 0.25) is 0 Å². The lowest BCUT2D eigenvalue weighted by Gasteiger charge is -2.19. The van der Waals surface area contributed by atoms with Crippen LogP contribution in [0.4, 0.5) is 11.4 Å². The predicted octanol–water partition coefficient (Wildman–Crippen LogP) is 3.44. The Balaban J connectivity index is 1.97. The van der Waals surface area contributed by atoms with E-state index in [1.807, 2.05) is 4.90 Å². The Morgan fingerprint density at radius 2 is 1.91 bits per heavy atom. The SMILES string of the molecule is COC(=O)c1cc([N+](=O)[O-])c(N2CC3CC=CCC3C2)cc1Cl. The first-order valence-corrected chi connectivity index (χ1v) is 7.85. The number of nitro groups is 1. The van der Waals surface area contributed by atoms with E-state index in [4.69, 9.17) is 11.6 Å². The van der Waals surface area contributed by atoms with Crippen LogP contribution in [-0.4, -0.2) is 31.1 Å². The van der Waals surface area contributed by atoms with Gasteiger partial charge < -0.3 is 9.64 Å². The molecule has 0 spiro atoms. The van der Waals surface area contributed by atoms with E-state index < -0.39 is 10.9 Å². The first-order valence-electron chi connectivity index (χ1n) is 7.47. The van der Waals surface area contributed by atoms with E-state index in [0.29, 0.717) is 17.5 Å². The van der Waals surface area contributed by atoms with Gasteiger partial charge in [-0.2, -0.15) is 0 Å². The van der Waals surface area contributed by atoms with E-state index in [2.05, 4.69) is 16.9 Å². The molecule has 2 unspecified atom stereocenters. The minimum Gasteiger partial charge on any atom is -0.465 e. The summed E-state index contributed by atoms with van der Waals surface area (Å²) in [7, 11) is 1.22. The monoisotopic (exact) mass is 336 g/mol. The lowest BCUT2D eigenvalue weighted by atomic mass is 9.86. The third kappa shape index (κ3) is 2.91. The maximum atomic E-state index is 11.7. The smallest absolute Gasteiger partial charge is 0.339 e. The van der Waals surface area contributed by atoms with Crippen LogP contribution in [-0.2, 0) is 4.74 Å². The molecule has 122 valence electrons. The third-order valence-corrected chi connectivity index (χ3v) is 4.94.